The summed E-state index contributed by atoms with van der Waals surface area (Å²) in [6, 6.07) is 7.95. The van der Waals surface area contributed by atoms with Gasteiger partial charge in [-0.15, -0.1) is 0 Å². The Balaban J connectivity index is 1.48. The smallest absolute Gasteiger partial charge is 0.170 e. The van der Waals surface area contributed by atoms with Crippen molar-refractivity contribution in [3.8, 4) is 11.3 Å². The summed E-state index contributed by atoms with van der Waals surface area (Å²) in [5.74, 6) is -0.0771. The lowest BCUT2D eigenvalue weighted by Crippen LogP contribution is -2.30. The van der Waals surface area contributed by atoms with E-state index in [2.05, 4.69) is 19.9 Å². The molecule has 3 aromatic heterocycles. The zero-order valence-corrected chi connectivity index (χ0v) is 17.4. The van der Waals surface area contributed by atoms with Gasteiger partial charge in [-0.1, -0.05) is 12.1 Å². The summed E-state index contributed by atoms with van der Waals surface area (Å²) in [7, 11) is 1.90. The Morgan fingerprint density at radius 2 is 1.91 bits per heavy atom. The molecule has 32 heavy (non-hydrogen) atoms. The van der Waals surface area contributed by atoms with E-state index < -0.39 is 43.7 Å². The van der Waals surface area contributed by atoms with Crippen molar-refractivity contribution in [2.24, 2.45) is 7.05 Å². The molecule has 162 valence electrons. The van der Waals surface area contributed by atoms with Crippen molar-refractivity contribution in [2.45, 2.75) is 32.5 Å². The van der Waals surface area contributed by atoms with Crippen LogP contribution < -0.4 is 4.90 Å². The fourth-order valence-corrected chi connectivity index (χ4v) is 3.38. The Hall–Kier alpha value is -3.61. The van der Waals surface area contributed by atoms with Crippen molar-refractivity contribution < 1.29 is 18.5 Å². The van der Waals surface area contributed by atoms with Crippen LogP contribution in [0.25, 0.3) is 22.2 Å². The van der Waals surface area contributed by atoms with Crippen LogP contribution in [0.1, 0.15) is 54.8 Å². The Labute approximate surface area is 201 Å². The van der Waals surface area contributed by atoms with Crippen LogP contribution in [0.3, 0.4) is 0 Å². The highest BCUT2D eigenvalue weighted by atomic mass is 16.1. The van der Waals surface area contributed by atoms with Crippen molar-refractivity contribution in [1.29, 1.82) is 0 Å². The van der Waals surface area contributed by atoms with Gasteiger partial charge in [-0.3, -0.25) is 4.79 Å². The summed E-state index contributed by atoms with van der Waals surface area (Å²) in [5, 5.41) is 0.748. The standard InChI is InChI=1S/C25H26N6O/c1-17-27-16-22(30(17)2)18-6-7-20-15-28-24(29-21(20)12-18)14-23(32)19-8-9-26-25(13-19)31-10-4-3-5-11-31/h6-9,12-13,15-16H,3-5,10-11,14H2,1-2H3/i3D2,4D2,5D2,10D2,11D2. The minimum absolute atomic E-state index is 0.0517. The Morgan fingerprint density at radius 3 is 2.69 bits per heavy atom. The van der Waals surface area contributed by atoms with Crippen LogP contribution in [-0.4, -0.2) is 43.3 Å². The van der Waals surface area contributed by atoms with Crippen molar-refractivity contribution in [3.05, 3.63) is 66.1 Å². The second-order valence-electron chi connectivity index (χ2n) is 7.25. The number of hydrogen-bond donors (Lipinski definition) is 0. The number of fused-ring (bicyclic) bond motifs is 1. The van der Waals surface area contributed by atoms with E-state index in [1.54, 1.807) is 12.4 Å². The topological polar surface area (TPSA) is 76.8 Å². The molecular formula is C25H26N6O. The van der Waals surface area contributed by atoms with Gasteiger partial charge in [-0.2, -0.15) is 0 Å². The molecule has 7 heteroatoms. The van der Waals surface area contributed by atoms with E-state index in [0.717, 1.165) is 34.7 Å². The third kappa shape index (κ3) is 3.98. The van der Waals surface area contributed by atoms with E-state index in [1.165, 1.54) is 6.07 Å². The second kappa shape index (κ2) is 8.49. The lowest BCUT2D eigenvalue weighted by molar-refractivity contribution is 0.0991. The van der Waals surface area contributed by atoms with E-state index in [9.17, 15) is 4.79 Å². The molecule has 0 saturated carbocycles. The van der Waals surface area contributed by atoms with Crippen LogP contribution in [0, 0.1) is 6.92 Å². The number of pyridine rings is 1. The fourth-order valence-electron chi connectivity index (χ4n) is 3.38. The largest absolute Gasteiger partial charge is 0.357 e. The number of piperidine rings is 1. The zero-order chi connectivity index (χ0) is 31.0. The van der Waals surface area contributed by atoms with Crippen LogP contribution in [0.4, 0.5) is 5.82 Å². The first-order chi connectivity index (χ1) is 19.3. The summed E-state index contributed by atoms with van der Waals surface area (Å²) in [6.45, 7) is -4.91. The number of aryl methyl sites for hydroxylation is 1. The molecule has 0 unspecified atom stereocenters. The van der Waals surface area contributed by atoms with E-state index in [-0.39, 0.29) is 22.7 Å². The normalized spacial score (nSPS) is 26.6. The SMILES string of the molecule is [2H]C1([2H])N(c2cc(C(=O)Cc3ncc4ccc(-c5cnc(C)n5C)cc4n3)ccn2)C([2H])([2H])C([2H])([2H])C([2H])([2H])C1([2H])[2H]. The molecule has 0 atom stereocenters. The number of rotatable bonds is 5. The highest BCUT2D eigenvalue weighted by Crippen LogP contribution is 2.24. The highest BCUT2D eigenvalue weighted by molar-refractivity contribution is 5.98. The van der Waals surface area contributed by atoms with Gasteiger partial charge < -0.3 is 9.47 Å². The minimum atomic E-state index is -3.56. The first kappa shape index (κ1) is 11.9. The molecule has 1 saturated heterocycles. The van der Waals surface area contributed by atoms with Gasteiger partial charge in [0.2, 0.25) is 0 Å². The summed E-state index contributed by atoms with van der Waals surface area (Å²) >= 11 is 0. The number of imidazole rings is 1. The molecule has 1 aliphatic rings. The Morgan fingerprint density at radius 1 is 1.06 bits per heavy atom. The fraction of sp³-hybridized carbons (Fsp3) is 0.320. The van der Waals surface area contributed by atoms with Crippen molar-refractivity contribution >= 4 is 22.5 Å². The van der Waals surface area contributed by atoms with Gasteiger partial charge in [0.15, 0.2) is 5.78 Å². The van der Waals surface area contributed by atoms with E-state index in [0.29, 0.717) is 5.52 Å². The molecule has 0 bridgehead atoms. The number of aromatic nitrogens is 5. The van der Waals surface area contributed by atoms with Crippen molar-refractivity contribution in [2.75, 3.05) is 17.9 Å². The van der Waals surface area contributed by atoms with E-state index >= 15 is 0 Å². The predicted octanol–water partition coefficient (Wildman–Crippen LogP) is 4.15. The van der Waals surface area contributed by atoms with Gasteiger partial charge in [0, 0.05) is 62.7 Å². The third-order valence-electron chi connectivity index (χ3n) is 5.22. The number of carbonyl (C=O) groups excluding carboxylic acids is 1. The van der Waals surface area contributed by atoms with Crippen LogP contribution in [0.5, 0.6) is 0 Å². The van der Waals surface area contributed by atoms with Crippen molar-refractivity contribution in [1.82, 2.24) is 24.5 Å². The number of hydrogen-bond acceptors (Lipinski definition) is 6. The zero-order valence-electron chi connectivity index (χ0n) is 27.4. The number of carbonyl (C=O) groups is 1. The van der Waals surface area contributed by atoms with Gasteiger partial charge in [0.25, 0.3) is 0 Å². The summed E-state index contributed by atoms with van der Waals surface area (Å²) in [4.78, 5) is 30.4. The lowest BCUT2D eigenvalue weighted by atomic mass is 10.1. The number of benzene rings is 1. The average Bonchev–Trinajstić information content (AvgIpc) is 3.25. The average molecular weight is 437 g/mol. The molecule has 0 N–H and O–H groups in total. The van der Waals surface area contributed by atoms with Crippen LogP contribution in [0.15, 0.2) is 48.9 Å². The molecule has 0 radical (unpaired) electrons. The minimum Gasteiger partial charge on any atom is -0.357 e. The maximum Gasteiger partial charge on any atom is 0.170 e. The molecule has 1 aromatic carbocycles. The number of Topliss-reactive ketones (excluding diaryl/α,β-unsaturated/α-hetero) is 1. The van der Waals surface area contributed by atoms with Crippen LogP contribution >= 0.6 is 0 Å². The van der Waals surface area contributed by atoms with Crippen LogP contribution in [0.2, 0.25) is 0 Å². The number of ketones is 1. The highest BCUT2D eigenvalue weighted by Gasteiger charge is 2.16. The van der Waals surface area contributed by atoms with E-state index in [1.807, 2.05) is 36.7 Å². The molecular weight excluding hydrogens is 400 g/mol. The van der Waals surface area contributed by atoms with Gasteiger partial charge in [-0.05, 0) is 44.2 Å². The third-order valence-corrected chi connectivity index (χ3v) is 5.22. The molecule has 0 spiro atoms. The molecule has 5 rings (SSSR count). The van der Waals surface area contributed by atoms with Crippen LogP contribution in [-0.2, 0) is 13.5 Å². The van der Waals surface area contributed by atoms with Gasteiger partial charge in [0.05, 0.1) is 23.8 Å². The monoisotopic (exact) mass is 436 g/mol. The Bertz CT molecular complexity index is 1690. The molecule has 0 aliphatic carbocycles. The predicted molar refractivity (Wildman–Crippen MR) is 125 cm³/mol. The maximum absolute atomic E-state index is 13.3. The molecule has 4 heterocycles. The Kier molecular flexibility index (Phi) is 3.15. The first-order valence-electron chi connectivity index (χ1n) is 14.9. The molecule has 1 aliphatic heterocycles. The molecule has 7 nitrogen and oxygen atoms in total. The van der Waals surface area contributed by atoms with Gasteiger partial charge in [-0.25, -0.2) is 19.9 Å². The first-order valence-corrected chi connectivity index (χ1v) is 9.88. The summed E-state index contributed by atoms with van der Waals surface area (Å²) < 4.78 is 83.9. The number of anilines is 1. The summed E-state index contributed by atoms with van der Waals surface area (Å²) in [5.41, 5.74) is 2.29. The molecule has 0 amide bonds. The van der Waals surface area contributed by atoms with Crippen molar-refractivity contribution in [3.63, 3.8) is 0 Å². The maximum atomic E-state index is 13.3. The molecule has 1 fully saturated rings. The lowest BCUT2D eigenvalue weighted by Gasteiger charge is -2.27. The summed E-state index contributed by atoms with van der Waals surface area (Å²) in [6.07, 6.45) is -6.44. The molecule has 4 aromatic rings. The number of nitrogens with zero attached hydrogens (tertiary/aromatic N) is 6. The quantitative estimate of drug-likeness (QED) is 0.438. The second-order valence-corrected chi connectivity index (χ2v) is 7.25. The van der Waals surface area contributed by atoms with Gasteiger partial charge >= 0.3 is 0 Å². The van der Waals surface area contributed by atoms with Gasteiger partial charge in [0.1, 0.15) is 17.5 Å². The van der Waals surface area contributed by atoms with E-state index in [4.69, 9.17) is 13.7 Å².